The normalized spacial score (nSPS) is 26.1. The van der Waals surface area contributed by atoms with Crippen LogP contribution in [0.1, 0.15) is 29.8 Å². The molecular weight excluding hydrogens is 242 g/mol. The summed E-state index contributed by atoms with van der Waals surface area (Å²) in [6, 6.07) is 3.90. The number of morpholine rings is 1. The molecule has 1 aliphatic carbocycles. The molecule has 2 heterocycles. The molecule has 19 heavy (non-hydrogen) atoms. The van der Waals surface area contributed by atoms with E-state index in [1.807, 2.05) is 24.1 Å². The van der Waals surface area contributed by atoms with Crippen LogP contribution >= 0.6 is 0 Å². The maximum absolute atomic E-state index is 12.6. The fourth-order valence-electron chi connectivity index (χ4n) is 3.03. The lowest BCUT2D eigenvalue weighted by Gasteiger charge is -2.37. The van der Waals surface area contributed by atoms with E-state index in [0.717, 1.165) is 24.9 Å². The molecule has 1 aromatic heterocycles. The molecule has 3 rings (SSSR count). The Morgan fingerprint density at radius 2 is 2.42 bits per heavy atom. The zero-order valence-corrected chi connectivity index (χ0v) is 11.1. The minimum absolute atomic E-state index is 0.0253. The van der Waals surface area contributed by atoms with Gasteiger partial charge >= 0.3 is 0 Å². The van der Waals surface area contributed by atoms with Crippen molar-refractivity contribution in [2.75, 3.05) is 25.5 Å². The highest BCUT2D eigenvalue weighted by atomic mass is 16.5. The number of fused-ring (bicyclic) bond motifs is 1. The van der Waals surface area contributed by atoms with Gasteiger partial charge in [0.15, 0.2) is 0 Å². The van der Waals surface area contributed by atoms with Crippen LogP contribution in [0.3, 0.4) is 0 Å². The molecule has 1 amide bonds. The van der Waals surface area contributed by atoms with Gasteiger partial charge in [0.05, 0.1) is 18.8 Å². The number of ether oxygens (including phenoxy) is 1. The molecule has 2 atom stereocenters. The first-order chi connectivity index (χ1) is 9.29. The number of pyridine rings is 1. The van der Waals surface area contributed by atoms with Crippen LogP contribution in [0.25, 0.3) is 0 Å². The third kappa shape index (κ3) is 2.30. The molecule has 0 bridgehead atoms. The molecule has 102 valence electrons. The number of nitrogens with one attached hydrogen (secondary N) is 1. The van der Waals surface area contributed by atoms with Crippen molar-refractivity contribution in [2.24, 2.45) is 0 Å². The zero-order valence-electron chi connectivity index (χ0n) is 11.1. The van der Waals surface area contributed by atoms with Gasteiger partial charge in [-0.05, 0) is 31.4 Å². The van der Waals surface area contributed by atoms with Crippen molar-refractivity contribution in [3.63, 3.8) is 0 Å². The lowest BCUT2D eigenvalue weighted by molar-refractivity contribution is -0.0447. The minimum Gasteiger partial charge on any atom is -0.388 e. The molecule has 1 aliphatic heterocycles. The number of carbonyl (C=O) groups is 1. The van der Waals surface area contributed by atoms with E-state index in [-0.39, 0.29) is 18.1 Å². The van der Waals surface area contributed by atoms with Crippen LogP contribution < -0.4 is 5.32 Å². The van der Waals surface area contributed by atoms with Gasteiger partial charge < -0.3 is 15.0 Å². The van der Waals surface area contributed by atoms with Gasteiger partial charge in [0, 0.05) is 25.5 Å². The van der Waals surface area contributed by atoms with E-state index in [1.165, 1.54) is 0 Å². The fraction of sp³-hybridized carbons (Fsp3) is 0.571. The van der Waals surface area contributed by atoms with Crippen LogP contribution in [-0.2, 0) is 4.74 Å². The summed E-state index contributed by atoms with van der Waals surface area (Å²) in [6.07, 6.45) is 5.15. The molecule has 2 aliphatic rings. The van der Waals surface area contributed by atoms with E-state index in [2.05, 4.69) is 10.3 Å². The molecule has 0 spiro atoms. The number of nitrogens with zero attached hydrogens (tertiary/aromatic N) is 2. The summed E-state index contributed by atoms with van der Waals surface area (Å²) in [7, 11) is 1.84. The van der Waals surface area contributed by atoms with Crippen LogP contribution in [-0.4, -0.2) is 48.1 Å². The number of hydrogen-bond donors (Lipinski definition) is 1. The van der Waals surface area contributed by atoms with Gasteiger partial charge in [-0.2, -0.15) is 0 Å². The molecule has 1 aromatic rings. The van der Waals surface area contributed by atoms with Crippen molar-refractivity contribution < 1.29 is 9.53 Å². The number of aromatic nitrogens is 1. The molecule has 0 radical (unpaired) electrons. The van der Waals surface area contributed by atoms with Crippen LogP contribution in [0.5, 0.6) is 0 Å². The van der Waals surface area contributed by atoms with Crippen LogP contribution in [0, 0.1) is 0 Å². The summed E-state index contributed by atoms with van der Waals surface area (Å²) in [5.41, 5.74) is 1.42. The summed E-state index contributed by atoms with van der Waals surface area (Å²) < 4.78 is 5.74. The first-order valence-electron chi connectivity index (χ1n) is 6.86. The fourth-order valence-corrected chi connectivity index (χ4v) is 3.03. The van der Waals surface area contributed by atoms with E-state index in [4.69, 9.17) is 4.74 Å². The predicted octanol–water partition coefficient (Wildman–Crippen LogP) is 1.52. The monoisotopic (exact) mass is 261 g/mol. The Labute approximate surface area is 113 Å². The van der Waals surface area contributed by atoms with Crippen molar-refractivity contribution in [3.8, 4) is 0 Å². The highest BCUT2D eigenvalue weighted by Gasteiger charge is 2.38. The number of amides is 1. The molecule has 1 saturated carbocycles. The molecule has 2 fully saturated rings. The van der Waals surface area contributed by atoms with Gasteiger partial charge in [0.1, 0.15) is 5.69 Å². The van der Waals surface area contributed by atoms with Crippen LogP contribution in [0.15, 0.2) is 18.3 Å². The molecule has 0 aromatic carbocycles. The van der Waals surface area contributed by atoms with Gasteiger partial charge in [0.25, 0.3) is 5.91 Å². The second-order valence-corrected chi connectivity index (χ2v) is 5.09. The number of carbonyl (C=O) groups excluding carboxylic acids is 1. The lowest BCUT2D eigenvalue weighted by Crippen LogP contribution is -2.51. The highest BCUT2D eigenvalue weighted by molar-refractivity contribution is 5.93. The minimum atomic E-state index is 0.0253. The van der Waals surface area contributed by atoms with E-state index < -0.39 is 0 Å². The van der Waals surface area contributed by atoms with E-state index >= 15 is 0 Å². The largest absolute Gasteiger partial charge is 0.388 e. The quantitative estimate of drug-likeness (QED) is 0.877. The van der Waals surface area contributed by atoms with Crippen LogP contribution in [0.4, 0.5) is 5.69 Å². The third-order valence-corrected chi connectivity index (χ3v) is 4.01. The van der Waals surface area contributed by atoms with Gasteiger partial charge in [0.2, 0.25) is 0 Å². The highest BCUT2D eigenvalue weighted by Crippen LogP contribution is 2.30. The third-order valence-electron chi connectivity index (χ3n) is 4.01. The molecular formula is C14H19N3O2. The van der Waals surface area contributed by atoms with Gasteiger partial charge in [-0.1, -0.05) is 0 Å². The van der Waals surface area contributed by atoms with E-state index in [1.54, 1.807) is 6.20 Å². The lowest BCUT2D eigenvalue weighted by atomic mass is 10.1. The Bertz CT molecular complexity index is 478. The smallest absolute Gasteiger partial charge is 0.272 e. The number of hydrogen-bond acceptors (Lipinski definition) is 4. The van der Waals surface area contributed by atoms with Crippen molar-refractivity contribution in [2.45, 2.75) is 31.4 Å². The molecule has 1 saturated heterocycles. The van der Waals surface area contributed by atoms with Crippen molar-refractivity contribution in [1.82, 2.24) is 9.88 Å². The first-order valence-corrected chi connectivity index (χ1v) is 6.86. The van der Waals surface area contributed by atoms with Gasteiger partial charge in [-0.3, -0.25) is 9.78 Å². The topological polar surface area (TPSA) is 54.5 Å². The van der Waals surface area contributed by atoms with Gasteiger partial charge in [-0.25, -0.2) is 0 Å². The van der Waals surface area contributed by atoms with E-state index in [0.29, 0.717) is 18.8 Å². The first kappa shape index (κ1) is 12.4. The van der Waals surface area contributed by atoms with Crippen molar-refractivity contribution in [3.05, 3.63) is 24.0 Å². The molecule has 2 unspecified atom stereocenters. The Morgan fingerprint density at radius 3 is 3.26 bits per heavy atom. The average molecular weight is 261 g/mol. The second kappa shape index (κ2) is 5.17. The Kier molecular flexibility index (Phi) is 3.38. The Hall–Kier alpha value is -1.62. The van der Waals surface area contributed by atoms with Crippen molar-refractivity contribution in [1.29, 1.82) is 0 Å². The maximum atomic E-state index is 12.6. The summed E-state index contributed by atoms with van der Waals surface area (Å²) in [6.45, 7) is 1.31. The SMILES string of the molecule is CNc1ccnc(C(=O)N2CCOC3CCCC32)c1. The summed E-state index contributed by atoms with van der Waals surface area (Å²) in [5.74, 6) is 0.0253. The summed E-state index contributed by atoms with van der Waals surface area (Å²) >= 11 is 0. The summed E-state index contributed by atoms with van der Waals surface area (Å²) in [4.78, 5) is 18.7. The number of anilines is 1. The van der Waals surface area contributed by atoms with E-state index in [9.17, 15) is 4.79 Å². The van der Waals surface area contributed by atoms with Crippen molar-refractivity contribution >= 4 is 11.6 Å². The Morgan fingerprint density at radius 1 is 1.53 bits per heavy atom. The summed E-state index contributed by atoms with van der Waals surface area (Å²) in [5, 5.41) is 3.04. The molecule has 5 heteroatoms. The molecule has 1 N–H and O–H groups in total. The predicted molar refractivity (Wildman–Crippen MR) is 72.2 cm³/mol. The average Bonchev–Trinajstić information content (AvgIpc) is 2.95. The number of rotatable bonds is 2. The van der Waals surface area contributed by atoms with Crippen LogP contribution in [0.2, 0.25) is 0 Å². The zero-order chi connectivity index (χ0) is 13.2. The Balaban J connectivity index is 1.82. The van der Waals surface area contributed by atoms with Gasteiger partial charge in [-0.15, -0.1) is 0 Å². The maximum Gasteiger partial charge on any atom is 0.272 e. The standard InChI is InChI=1S/C14H19N3O2/c1-15-10-5-6-16-11(9-10)14(18)17-7-8-19-13-4-2-3-12(13)17/h5-6,9,12-13H,2-4,7-8H2,1H3,(H,15,16). The molecule has 5 nitrogen and oxygen atoms in total. The second-order valence-electron chi connectivity index (χ2n) is 5.09.